The smallest absolute Gasteiger partial charge is 0.350 e. The minimum Gasteiger partial charge on any atom is -0.350 e. The highest BCUT2D eigenvalue weighted by molar-refractivity contribution is 7.99. The first-order valence-electron chi connectivity index (χ1n) is 9.52. The number of nitrogens with one attached hydrogen (secondary N) is 1. The minimum absolute atomic E-state index is 0.0233. The number of para-hydroxylation sites is 1. The van der Waals surface area contributed by atoms with Crippen LogP contribution in [0.15, 0.2) is 93.8 Å². The zero-order valence-electron chi connectivity index (χ0n) is 16.5. The van der Waals surface area contributed by atoms with Crippen LogP contribution in [0.25, 0.3) is 0 Å². The molecule has 0 radical (unpaired) electrons. The van der Waals surface area contributed by atoms with Crippen LogP contribution in [0.3, 0.4) is 0 Å². The molecule has 0 saturated heterocycles. The lowest BCUT2D eigenvalue weighted by Crippen LogP contribution is -2.45. The van der Waals surface area contributed by atoms with Crippen LogP contribution in [0.2, 0.25) is 0 Å². The van der Waals surface area contributed by atoms with Crippen molar-refractivity contribution in [2.45, 2.75) is 28.2 Å². The molecule has 32 heavy (non-hydrogen) atoms. The minimum atomic E-state index is -4.93. The fraction of sp³-hybridized carbons (Fsp3) is 0.130. The first-order chi connectivity index (χ1) is 15.2. The molecule has 1 aliphatic heterocycles. The summed E-state index contributed by atoms with van der Waals surface area (Å²) in [6, 6.07) is 22.9. The van der Waals surface area contributed by atoms with Gasteiger partial charge in [-0.15, -0.1) is 0 Å². The van der Waals surface area contributed by atoms with Crippen molar-refractivity contribution >= 4 is 29.1 Å². The van der Waals surface area contributed by atoms with E-state index in [1.165, 1.54) is 11.8 Å². The summed E-state index contributed by atoms with van der Waals surface area (Å²) in [5.41, 5.74) is 1.68. The van der Waals surface area contributed by atoms with Crippen LogP contribution < -0.4 is 5.32 Å². The van der Waals surface area contributed by atoms with E-state index in [4.69, 9.17) is 0 Å². The number of rotatable bonds is 5. The number of alkyl halides is 3. The van der Waals surface area contributed by atoms with Crippen molar-refractivity contribution in [2.75, 3.05) is 5.32 Å². The summed E-state index contributed by atoms with van der Waals surface area (Å²) in [6.07, 6.45) is -5.70. The molecule has 1 unspecified atom stereocenters. The summed E-state index contributed by atoms with van der Waals surface area (Å²) < 4.78 is 38.6. The number of benzene rings is 3. The molecule has 5 nitrogen and oxygen atoms in total. The van der Waals surface area contributed by atoms with E-state index in [-0.39, 0.29) is 11.6 Å². The highest BCUT2D eigenvalue weighted by Gasteiger charge is 2.60. The first kappa shape index (κ1) is 21.9. The van der Waals surface area contributed by atoms with Crippen molar-refractivity contribution in [1.82, 2.24) is 0 Å². The maximum Gasteiger partial charge on any atom is 0.458 e. The van der Waals surface area contributed by atoms with Gasteiger partial charge in [0, 0.05) is 21.0 Å². The second-order valence-corrected chi connectivity index (χ2v) is 8.21. The molecule has 0 fully saturated rings. The van der Waals surface area contributed by atoms with E-state index in [0.717, 1.165) is 9.79 Å². The quantitative estimate of drug-likeness (QED) is 0.532. The van der Waals surface area contributed by atoms with E-state index in [2.05, 4.69) is 15.3 Å². The number of halogens is 3. The van der Waals surface area contributed by atoms with Crippen LogP contribution >= 0.6 is 11.8 Å². The summed E-state index contributed by atoms with van der Waals surface area (Å²) in [5, 5.41) is 15.8. The summed E-state index contributed by atoms with van der Waals surface area (Å²) in [4.78, 5) is 18.3. The molecular weight excluding hydrogens is 441 g/mol. The Morgan fingerprint density at radius 2 is 1.56 bits per heavy atom. The Morgan fingerprint density at radius 3 is 2.12 bits per heavy atom. The van der Waals surface area contributed by atoms with Crippen molar-refractivity contribution in [1.29, 1.82) is 0 Å². The van der Waals surface area contributed by atoms with Gasteiger partial charge in [0.2, 0.25) is 0 Å². The number of nitrogens with zero attached hydrogens (tertiary/aromatic N) is 1. The number of oxime groups is 1. The van der Waals surface area contributed by atoms with E-state index in [1.54, 1.807) is 48.5 Å². The normalized spacial score (nSPS) is 18.1. The zero-order chi connectivity index (χ0) is 22.8. The van der Waals surface area contributed by atoms with Gasteiger partial charge in [-0.1, -0.05) is 47.2 Å². The molecule has 1 amide bonds. The van der Waals surface area contributed by atoms with Crippen molar-refractivity contribution in [3.63, 3.8) is 0 Å². The molecule has 9 heteroatoms. The molecule has 3 aromatic rings. The third-order valence-corrected chi connectivity index (χ3v) is 5.74. The fourth-order valence-corrected chi connectivity index (χ4v) is 3.80. The van der Waals surface area contributed by atoms with Gasteiger partial charge < -0.3 is 15.3 Å². The Morgan fingerprint density at radius 1 is 0.969 bits per heavy atom. The Kier molecular flexibility index (Phi) is 5.94. The summed E-state index contributed by atoms with van der Waals surface area (Å²) >= 11 is 1.44. The van der Waals surface area contributed by atoms with Crippen LogP contribution in [0.1, 0.15) is 22.3 Å². The second-order valence-electron chi connectivity index (χ2n) is 7.06. The largest absolute Gasteiger partial charge is 0.458 e. The van der Waals surface area contributed by atoms with Crippen LogP contribution in [0.4, 0.5) is 18.9 Å². The Bertz CT molecular complexity index is 1130. The van der Waals surface area contributed by atoms with Gasteiger partial charge in [-0.3, -0.25) is 4.79 Å². The molecule has 0 spiro atoms. The van der Waals surface area contributed by atoms with E-state index in [0.29, 0.717) is 16.8 Å². The maximum atomic E-state index is 12.9. The molecule has 1 heterocycles. The van der Waals surface area contributed by atoms with Crippen molar-refractivity contribution in [3.8, 4) is 0 Å². The van der Waals surface area contributed by atoms with Gasteiger partial charge in [0.15, 0.2) is 0 Å². The number of amides is 1. The molecule has 1 atom stereocenters. The summed E-state index contributed by atoms with van der Waals surface area (Å²) in [5.74, 6) is -3.50. The molecule has 0 saturated carbocycles. The van der Waals surface area contributed by atoms with Gasteiger partial charge in [0.1, 0.15) is 0 Å². The standard InChI is InChI=1S/C23H17F3N2O3S/c24-23(25,26)22(30)14-20(28-31-22)15-6-10-18(11-7-15)32-19-12-8-16(9-13-19)21(29)27-17-4-2-1-3-5-17/h1-13,30H,14H2,(H,27,29). The fourth-order valence-electron chi connectivity index (χ4n) is 2.98. The number of carbonyl (C=O) groups excluding carboxylic acids is 1. The summed E-state index contributed by atoms with van der Waals surface area (Å²) in [6.45, 7) is 0. The predicted molar refractivity (Wildman–Crippen MR) is 115 cm³/mol. The lowest BCUT2D eigenvalue weighted by molar-refractivity contribution is -0.355. The lowest BCUT2D eigenvalue weighted by Gasteiger charge is -2.22. The molecule has 2 N–H and O–H groups in total. The number of aliphatic hydroxyl groups is 1. The van der Waals surface area contributed by atoms with E-state index in [9.17, 15) is 23.1 Å². The van der Waals surface area contributed by atoms with Crippen LogP contribution in [0, 0.1) is 0 Å². The van der Waals surface area contributed by atoms with Crippen LogP contribution in [-0.2, 0) is 4.84 Å². The van der Waals surface area contributed by atoms with Gasteiger partial charge >= 0.3 is 12.0 Å². The van der Waals surface area contributed by atoms with E-state index < -0.39 is 18.4 Å². The highest BCUT2D eigenvalue weighted by atomic mass is 32.2. The van der Waals surface area contributed by atoms with Crippen LogP contribution in [-0.4, -0.2) is 28.7 Å². The molecular formula is C23H17F3N2O3S. The first-order valence-corrected chi connectivity index (χ1v) is 10.3. The Hall–Kier alpha value is -3.30. The topological polar surface area (TPSA) is 70.9 Å². The third-order valence-electron chi connectivity index (χ3n) is 4.73. The van der Waals surface area contributed by atoms with Gasteiger partial charge in [-0.25, -0.2) is 0 Å². The van der Waals surface area contributed by atoms with Gasteiger partial charge in [-0.05, 0) is 54.1 Å². The van der Waals surface area contributed by atoms with E-state index >= 15 is 0 Å². The maximum absolute atomic E-state index is 12.9. The second kappa shape index (κ2) is 8.68. The van der Waals surface area contributed by atoms with Crippen LogP contribution in [0.5, 0.6) is 0 Å². The molecule has 164 valence electrons. The molecule has 0 aliphatic carbocycles. The highest BCUT2D eigenvalue weighted by Crippen LogP contribution is 2.39. The predicted octanol–water partition coefficient (Wildman–Crippen LogP) is 5.47. The Labute approximate surface area is 185 Å². The van der Waals surface area contributed by atoms with Gasteiger partial charge in [0.25, 0.3) is 5.91 Å². The number of anilines is 1. The van der Waals surface area contributed by atoms with E-state index in [1.807, 2.05) is 30.3 Å². The van der Waals surface area contributed by atoms with Crippen molar-refractivity contribution in [3.05, 3.63) is 90.0 Å². The lowest BCUT2D eigenvalue weighted by atomic mass is 10.0. The molecule has 0 aromatic heterocycles. The van der Waals surface area contributed by atoms with Crippen molar-refractivity contribution in [2.24, 2.45) is 5.16 Å². The molecule has 1 aliphatic rings. The average Bonchev–Trinajstić information content (AvgIpc) is 3.19. The number of carbonyl (C=O) groups is 1. The van der Waals surface area contributed by atoms with Crippen molar-refractivity contribution < 1.29 is 27.9 Å². The van der Waals surface area contributed by atoms with Gasteiger partial charge in [-0.2, -0.15) is 13.2 Å². The number of hydrogen-bond acceptors (Lipinski definition) is 5. The monoisotopic (exact) mass is 458 g/mol. The number of hydrogen-bond donors (Lipinski definition) is 2. The SMILES string of the molecule is O=C(Nc1ccccc1)c1ccc(Sc2ccc(C3=NOC(O)(C(F)(F)F)C3)cc2)cc1. The van der Waals surface area contributed by atoms with Gasteiger partial charge in [0.05, 0.1) is 12.1 Å². The molecule has 4 rings (SSSR count). The summed E-state index contributed by atoms with van der Waals surface area (Å²) in [7, 11) is 0. The third kappa shape index (κ3) is 4.79. The molecule has 0 bridgehead atoms. The molecule has 3 aromatic carbocycles. The average molecular weight is 458 g/mol. The zero-order valence-corrected chi connectivity index (χ0v) is 17.3. The Balaban J connectivity index is 1.37.